The van der Waals surface area contributed by atoms with Gasteiger partial charge in [0.1, 0.15) is 0 Å². The van der Waals surface area contributed by atoms with Gasteiger partial charge in [-0.1, -0.05) is 48.5 Å². The van der Waals surface area contributed by atoms with Gasteiger partial charge in [0.25, 0.3) is 0 Å². The molecule has 4 aromatic rings. The summed E-state index contributed by atoms with van der Waals surface area (Å²) in [5.74, 6) is 0.606. The van der Waals surface area contributed by atoms with Gasteiger partial charge in [-0.25, -0.2) is 14.6 Å². The average molecular weight is 327 g/mol. The summed E-state index contributed by atoms with van der Waals surface area (Å²) in [7, 11) is 0. The zero-order chi connectivity index (χ0) is 16.9. The third-order valence-electron chi connectivity index (χ3n) is 3.86. The monoisotopic (exact) mass is 327 g/mol. The van der Waals surface area contributed by atoms with Crippen LogP contribution in [0.2, 0.25) is 0 Å². The van der Waals surface area contributed by atoms with Gasteiger partial charge >= 0.3 is 0 Å². The summed E-state index contributed by atoms with van der Waals surface area (Å²) in [6, 6.07) is 22.1. The highest BCUT2D eigenvalue weighted by Crippen LogP contribution is 2.24. The third kappa shape index (κ3) is 3.40. The molecule has 0 aliphatic rings. The van der Waals surface area contributed by atoms with E-state index in [1.54, 1.807) is 18.5 Å². The van der Waals surface area contributed by atoms with Gasteiger partial charge in [-0.2, -0.15) is 5.10 Å². The normalized spacial score (nSPS) is 10.6. The lowest BCUT2D eigenvalue weighted by Crippen LogP contribution is -2.03. The van der Waals surface area contributed by atoms with Crippen molar-refractivity contribution in [2.24, 2.45) is 0 Å². The van der Waals surface area contributed by atoms with Gasteiger partial charge in [0, 0.05) is 36.3 Å². The highest BCUT2D eigenvalue weighted by molar-refractivity contribution is 5.63. The van der Waals surface area contributed by atoms with E-state index in [-0.39, 0.29) is 0 Å². The summed E-state index contributed by atoms with van der Waals surface area (Å²) < 4.78 is 1.91. The molecule has 2 heterocycles. The van der Waals surface area contributed by atoms with Crippen LogP contribution in [0, 0.1) is 0 Å². The van der Waals surface area contributed by atoms with E-state index in [0.717, 1.165) is 22.5 Å². The maximum atomic E-state index is 4.80. The van der Waals surface area contributed by atoms with Crippen LogP contribution in [0.4, 0.5) is 5.95 Å². The van der Waals surface area contributed by atoms with Crippen LogP contribution in [-0.2, 0) is 6.54 Å². The first-order valence-corrected chi connectivity index (χ1v) is 8.10. The van der Waals surface area contributed by atoms with Gasteiger partial charge in [-0.3, -0.25) is 0 Å². The standard InChI is InChI=1S/C20H17N5/c1-3-8-16(9-4-1)19-17(14-23-20-21-12-7-13-22-20)15-25(24-19)18-10-5-2-6-11-18/h1-13,15H,14H2,(H,21,22,23). The molecule has 0 unspecified atom stereocenters. The molecule has 0 spiro atoms. The lowest BCUT2D eigenvalue weighted by atomic mass is 10.1. The Kier molecular flexibility index (Phi) is 4.20. The molecule has 4 rings (SSSR count). The number of anilines is 1. The second kappa shape index (κ2) is 6.97. The van der Waals surface area contributed by atoms with Gasteiger partial charge in [0.15, 0.2) is 0 Å². The minimum atomic E-state index is 0.598. The minimum absolute atomic E-state index is 0.598. The van der Waals surface area contributed by atoms with Gasteiger partial charge in [0.2, 0.25) is 5.95 Å². The van der Waals surface area contributed by atoms with Crippen LogP contribution in [0.25, 0.3) is 16.9 Å². The molecule has 0 amide bonds. The van der Waals surface area contributed by atoms with E-state index >= 15 is 0 Å². The number of benzene rings is 2. The van der Waals surface area contributed by atoms with Crippen LogP contribution >= 0.6 is 0 Å². The van der Waals surface area contributed by atoms with Crippen molar-refractivity contribution < 1.29 is 0 Å². The maximum Gasteiger partial charge on any atom is 0.222 e. The number of rotatable bonds is 5. The fraction of sp³-hybridized carbons (Fsp3) is 0.0500. The number of hydrogen-bond donors (Lipinski definition) is 1. The molecule has 5 nitrogen and oxygen atoms in total. The lowest BCUT2D eigenvalue weighted by molar-refractivity contribution is 0.883. The maximum absolute atomic E-state index is 4.80. The molecule has 122 valence electrons. The van der Waals surface area contributed by atoms with Crippen LogP contribution in [0.3, 0.4) is 0 Å². The topological polar surface area (TPSA) is 55.6 Å². The van der Waals surface area contributed by atoms with Crippen molar-refractivity contribution in [2.45, 2.75) is 6.54 Å². The van der Waals surface area contributed by atoms with Crippen molar-refractivity contribution in [3.63, 3.8) is 0 Å². The third-order valence-corrected chi connectivity index (χ3v) is 3.86. The summed E-state index contributed by atoms with van der Waals surface area (Å²) in [4.78, 5) is 8.42. The Bertz CT molecular complexity index is 934. The summed E-state index contributed by atoms with van der Waals surface area (Å²) in [6.07, 6.45) is 5.50. The summed E-state index contributed by atoms with van der Waals surface area (Å²) >= 11 is 0. The van der Waals surface area contributed by atoms with Crippen molar-refractivity contribution in [3.8, 4) is 16.9 Å². The Hall–Kier alpha value is -3.47. The van der Waals surface area contributed by atoms with E-state index < -0.39 is 0 Å². The first-order valence-electron chi connectivity index (χ1n) is 8.10. The van der Waals surface area contributed by atoms with Crippen molar-refractivity contribution >= 4 is 5.95 Å². The first kappa shape index (κ1) is 15.1. The van der Waals surface area contributed by atoms with Crippen molar-refractivity contribution in [1.82, 2.24) is 19.7 Å². The molecular weight excluding hydrogens is 310 g/mol. The summed E-state index contributed by atoms with van der Waals surface area (Å²) in [5.41, 5.74) is 4.15. The predicted octanol–water partition coefficient (Wildman–Crippen LogP) is 3.94. The molecule has 1 N–H and O–H groups in total. The van der Waals surface area contributed by atoms with E-state index in [1.807, 2.05) is 59.4 Å². The smallest absolute Gasteiger partial charge is 0.222 e. The fourth-order valence-corrected chi connectivity index (χ4v) is 2.66. The Balaban J connectivity index is 1.69. The van der Waals surface area contributed by atoms with Crippen LogP contribution in [0.1, 0.15) is 5.56 Å². The van der Waals surface area contributed by atoms with E-state index in [9.17, 15) is 0 Å². The molecule has 0 atom stereocenters. The molecule has 5 heteroatoms. The van der Waals surface area contributed by atoms with E-state index in [1.165, 1.54) is 0 Å². The molecule has 0 saturated heterocycles. The largest absolute Gasteiger partial charge is 0.350 e. The quantitative estimate of drug-likeness (QED) is 0.603. The predicted molar refractivity (Wildman–Crippen MR) is 98.4 cm³/mol. The van der Waals surface area contributed by atoms with Crippen molar-refractivity contribution in [1.29, 1.82) is 0 Å². The molecule has 0 bridgehead atoms. The molecule has 0 aliphatic carbocycles. The summed E-state index contributed by atoms with van der Waals surface area (Å²) in [5, 5.41) is 8.06. The zero-order valence-corrected chi connectivity index (χ0v) is 13.6. The highest BCUT2D eigenvalue weighted by Gasteiger charge is 2.12. The SMILES string of the molecule is c1ccc(-c2nn(-c3ccccc3)cc2CNc2ncccn2)cc1. The Morgan fingerprint density at radius 2 is 1.48 bits per heavy atom. The number of hydrogen-bond acceptors (Lipinski definition) is 4. The lowest BCUT2D eigenvalue weighted by Gasteiger charge is -2.04. The van der Waals surface area contributed by atoms with Gasteiger partial charge in [0.05, 0.1) is 11.4 Å². The van der Waals surface area contributed by atoms with Crippen molar-refractivity contribution in [3.05, 3.63) is 90.9 Å². The molecule has 0 fully saturated rings. The van der Waals surface area contributed by atoms with Gasteiger partial charge in [-0.05, 0) is 18.2 Å². The molecule has 0 radical (unpaired) electrons. The number of nitrogens with zero attached hydrogens (tertiary/aromatic N) is 4. The molecule has 2 aromatic carbocycles. The zero-order valence-electron chi connectivity index (χ0n) is 13.6. The van der Waals surface area contributed by atoms with Crippen LogP contribution in [0.5, 0.6) is 0 Å². The highest BCUT2D eigenvalue weighted by atomic mass is 15.3. The molecule has 25 heavy (non-hydrogen) atoms. The van der Waals surface area contributed by atoms with Gasteiger partial charge < -0.3 is 5.32 Å². The number of aromatic nitrogens is 4. The molecule has 2 aromatic heterocycles. The molecule has 0 aliphatic heterocycles. The van der Waals surface area contributed by atoms with Crippen molar-refractivity contribution in [2.75, 3.05) is 5.32 Å². The summed E-state index contributed by atoms with van der Waals surface area (Å²) in [6.45, 7) is 0.598. The van der Waals surface area contributed by atoms with Crippen LogP contribution < -0.4 is 5.32 Å². The number of para-hydroxylation sites is 1. The van der Waals surface area contributed by atoms with E-state index in [0.29, 0.717) is 12.5 Å². The average Bonchev–Trinajstić information content (AvgIpc) is 3.13. The first-order chi connectivity index (χ1) is 12.4. The Morgan fingerprint density at radius 1 is 0.800 bits per heavy atom. The van der Waals surface area contributed by atoms with E-state index in [4.69, 9.17) is 5.10 Å². The molecular formula is C20H17N5. The molecule has 0 saturated carbocycles. The van der Waals surface area contributed by atoms with Crippen LogP contribution in [0.15, 0.2) is 85.3 Å². The number of nitrogens with one attached hydrogen (secondary N) is 1. The van der Waals surface area contributed by atoms with Crippen LogP contribution in [-0.4, -0.2) is 19.7 Å². The Morgan fingerprint density at radius 3 is 2.20 bits per heavy atom. The second-order valence-corrected chi connectivity index (χ2v) is 5.58. The van der Waals surface area contributed by atoms with Gasteiger partial charge in [-0.15, -0.1) is 0 Å². The van der Waals surface area contributed by atoms with E-state index in [2.05, 4.69) is 27.4 Å². The minimum Gasteiger partial charge on any atom is -0.350 e. The second-order valence-electron chi connectivity index (χ2n) is 5.58. The fourth-order valence-electron chi connectivity index (χ4n) is 2.66. The Labute approximate surface area is 146 Å².